The Hall–Kier alpha value is -2.04. The summed E-state index contributed by atoms with van der Waals surface area (Å²) < 4.78 is 5.48. The molecule has 3 rings (SSSR count). The number of anilines is 1. The van der Waals surface area contributed by atoms with Gasteiger partial charge in [-0.1, -0.05) is 36.4 Å². The fraction of sp³-hybridized carbons (Fsp3) is 0.368. The molecule has 1 aliphatic heterocycles. The topological polar surface area (TPSA) is 41.7 Å². The van der Waals surface area contributed by atoms with Gasteiger partial charge in [-0.3, -0.25) is 4.90 Å². The zero-order valence-electron chi connectivity index (χ0n) is 13.7. The maximum Gasteiger partial charge on any atom is 0.142 e. The Morgan fingerprint density at radius 3 is 2.22 bits per heavy atom. The van der Waals surface area contributed by atoms with Crippen LogP contribution >= 0.6 is 0 Å². The lowest BCUT2D eigenvalue weighted by Gasteiger charge is -2.36. The molecule has 1 heterocycles. The second-order valence-electron chi connectivity index (χ2n) is 5.96. The molecule has 0 aromatic heterocycles. The van der Waals surface area contributed by atoms with Crippen molar-refractivity contribution in [3.05, 3.63) is 59.7 Å². The summed E-state index contributed by atoms with van der Waals surface area (Å²) >= 11 is 0. The predicted molar refractivity (Wildman–Crippen MR) is 94.8 cm³/mol. The van der Waals surface area contributed by atoms with E-state index in [2.05, 4.69) is 46.2 Å². The summed E-state index contributed by atoms with van der Waals surface area (Å²) in [5.74, 6) is 0.957. The smallest absolute Gasteiger partial charge is 0.142 e. The molecule has 4 heteroatoms. The summed E-state index contributed by atoms with van der Waals surface area (Å²) in [7, 11) is 1.74. The van der Waals surface area contributed by atoms with Gasteiger partial charge >= 0.3 is 0 Å². The highest BCUT2D eigenvalue weighted by Crippen LogP contribution is 2.28. The minimum absolute atomic E-state index is 0.609. The van der Waals surface area contributed by atoms with Crippen molar-refractivity contribution in [3.63, 3.8) is 0 Å². The summed E-state index contributed by atoms with van der Waals surface area (Å²) in [6.45, 7) is 5.80. The molecule has 2 aromatic carbocycles. The second-order valence-corrected chi connectivity index (χ2v) is 5.96. The van der Waals surface area contributed by atoms with E-state index in [0.29, 0.717) is 6.54 Å². The molecular formula is C19H25N3O. The molecule has 0 radical (unpaired) electrons. The molecule has 0 aliphatic carbocycles. The van der Waals surface area contributed by atoms with E-state index in [4.69, 9.17) is 10.5 Å². The third-order valence-electron chi connectivity index (χ3n) is 4.46. The molecule has 4 nitrogen and oxygen atoms in total. The molecule has 0 amide bonds. The number of rotatable bonds is 5. The fourth-order valence-corrected chi connectivity index (χ4v) is 3.08. The minimum atomic E-state index is 0.609. The lowest BCUT2D eigenvalue weighted by Crippen LogP contribution is -2.46. The average molecular weight is 311 g/mol. The van der Waals surface area contributed by atoms with Crippen LogP contribution in [0.2, 0.25) is 0 Å². The fourth-order valence-electron chi connectivity index (χ4n) is 3.08. The quantitative estimate of drug-likeness (QED) is 0.921. The van der Waals surface area contributed by atoms with Crippen molar-refractivity contribution in [1.29, 1.82) is 0 Å². The van der Waals surface area contributed by atoms with Crippen LogP contribution in [0, 0.1) is 0 Å². The lowest BCUT2D eigenvalue weighted by molar-refractivity contribution is 0.249. The molecule has 0 spiro atoms. The molecular weight excluding hydrogens is 286 g/mol. The van der Waals surface area contributed by atoms with E-state index >= 15 is 0 Å². The van der Waals surface area contributed by atoms with Crippen molar-refractivity contribution in [2.24, 2.45) is 5.73 Å². The van der Waals surface area contributed by atoms with Crippen LogP contribution in [0.1, 0.15) is 11.1 Å². The number of methoxy groups -OCH3 is 1. The number of ether oxygens (including phenoxy) is 1. The van der Waals surface area contributed by atoms with Crippen molar-refractivity contribution in [1.82, 2.24) is 4.90 Å². The van der Waals surface area contributed by atoms with Crippen molar-refractivity contribution >= 4 is 5.69 Å². The van der Waals surface area contributed by atoms with E-state index in [1.54, 1.807) is 7.11 Å². The molecule has 0 unspecified atom stereocenters. The van der Waals surface area contributed by atoms with Crippen LogP contribution < -0.4 is 15.4 Å². The summed E-state index contributed by atoms with van der Waals surface area (Å²) in [5.41, 5.74) is 9.39. The highest BCUT2D eigenvalue weighted by Gasteiger charge is 2.19. The Bertz CT molecular complexity index is 619. The first kappa shape index (κ1) is 15.8. The third kappa shape index (κ3) is 3.84. The van der Waals surface area contributed by atoms with E-state index in [1.165, 1.54) is 16.8 Å². The van der Waals surface area contributed by atoms with Crippen molar-refractivity contribution in [2.75, 3.05) is 38.2 Å². The highest BCUT2D eigenvalue weighted by atomic mass is 16.5. The van der Waals surface area contributed by atoms with Gasteiger partial charge in [0.25, 0.3) is 0 Å². The number of benzene rings is 2. The lowest BCUT2D eigenvalue weighted by atomic mass is 10.1. The zero-order chi connectivity index (χ0) is 16.1. The first-order chi connectivity index (χ1) is 11.3. The molecule has 0 bridgehead atoms. The Labute approximate surface area is 138 Å². The van der Waals surface area contributed by atoms with Gasteiger partial charge in [0.1, 0.15) is 5.75 Å². The van der Waals surface area contributed by atoms with Crippen molar-refractivity contribution in [2.45, 2.75) is 13.1 Å². The van der Waals surface area contributed by atoms with Crippen LogP contribution in [-0.2, 0) is 13.1 Å². The number of hydrogen-bond donors (Lipinski definition) is 1. The SMILES string of the molecule is COc1ccccc1N1CCN(Cc2ccc(CN)cc2)CC1. The Kier molecular flexibility index (Phi) is 5.16. The van der Waals surface area contributed by atoms with Crippen LogP contribution in [0.5, 0.6) is 5.75 Å². The summed E-state index contributed by atoms with van der Waals surface area (Å²) in [4.78, 5) is 4.91. The van der Waals surface area contributed by atoms with Crippen molar-refractivity contribution < 1.29 is 4.74 Å². The first-order valence-electron chi connectivity index (χ1n) is 8.18. The van der Waals surface area contributed by atoms with E-state index in [0.717, 1.165) is 38.5 Å². The number of para-hydroxylation sites is 2. The van der Waals surface area contributed by atoms with Crippen LogP contribution in [-0.4, -0.2) is 38.2 Å². The van der Waals surface area contributed by atoms with Crippen LogP contribution in [0.4, 0.5) is 5.69 Å². The van der Waals surface area contributed by atoms with Crippen molar-refractivity contribution in [3.8, 4) is 5.75 Å². The van der Waals surface area contributed by atoms with Gasteiger partial charge in [0, 0.05) is 39.3 Å². The maximum atomic E-state index is 5.65. The van der Waals surface area contributed by atoms with Gasteiger partial charge in [-0.25, -0.2) is 0 Å². The van der Waals surface area contributed by atoms with Gasteiger partial charge in [-0.15, -0.1) is 0 Å². The van der Waals surface area contributed by atoms with Gasteiger partial charge in [-0.05, 0) is 23.3 Å². The van der Waals surface area contributed by atoms with Gasteiger partial charge in [-0.2, -0.15) is 0 Å². The normalized spacial score (nSPS) is 15.7. The molecule has 122 valence electrons. The predicted octanol–water partition coefficient (Wildman–Crippen LogP) is 2.48. The second kappa shape index (κ2) is 7.49. The standard InChI is InChI=1S/C19H25N3O/c1-23-19-5-3-2-4-18(19)22-12-10-21(11-13-22)15-17-8-6-16(14-20)7-9-17/h2-9H,10-15,20H2,1H3. The molecule has 2 aromatic rings. The third-order valence-corrected chi connectivity index (χ3v) is 4.46. The monoisotopic (exact) mass is 311 g/mol. The Balaban J connectivity index is 1.57. The van der Waals surface area contributed by atoms with Gasteiger partial charge in [0.15, 0.2) is 0 Å². The van der Waals surface area contributed by atoms with E-state index in [-0.39, 0.29) is 0 Å². The number of piperazine rings is 1. The number of nitrogens with two attached hydrogens (primary N) is 1. The van der Waals surface area contributed by atoms with Crippen LogP contribution in [0.25, 0.3) is 0 Å². The molecule has 1 aliphatic rings. The molecule has 2 N–H and O–H groups in total. The van der Waals surface area contributed by atoms with E-state index < -0.39 is 0 Å². The van der Waals surface area contributed by atoms with Crippen LogP contribution in [0.3, 0.4) is 0 Å². The Morgan fingerprint density at radius 1 is 0.913 bits per heavy atom. The zero-order valence-corrected chi connectivity index (χ0v) is 13.7. The summed E-state index contributed by atoms with van der Waals surface area (Å²) in [6, 6.07) is 16.9. The minimum Gasteiger partial charge on any atom is -0.495 e. The average Bonchev–Trinajstić information content (AvgIpc) is 2.63. The molecule has 1 saturated heterocycles. The Morgan fingerprint density at radius 2 is 1.57 bits per heavy atom. The van der Waals surface area contributed by atoms with Crippen LogP contribution in [0.15, 0.2) is 48.5 Å². The molecule has 1 fully saturated rings. The van der Waals surface area contributed by atoms with Gasteiger partial charge in [0.05, 0.1) is 12.8 Å². The highest BCUT2D eigenvalue weighted by molar-refractivity contribution is 5.58. The van der Waals surface area contributed by atoms with Gasteiger partial charge < -0.3 is 15.4 Å². The molecule has 0 saturated carbocycles. The summed E-state index contributed by atoms with van der Waals surface area (Å²) in [5, 5.41) is 0. The van der Waals surface area contributed by atoms with E-state index in [1.807, 2.05) is 12.1 Å². The van der Waals surface area contributed by atoms with Gasteiger partial charge in [0.2, 0.25) is 0 Å². The first-order valence-corrected chi connectivity index (χ1v) is 8.18. The molecule has 23 heavy (non-hydrogen) atoms. The van der Waals surface area contributed by atoms with E-state index in [9.17, 15) is 0 Å². The number of hydrogen-bond acceptors (Lipinski definition) is 4. The summed E-state index contributed by atoms with van der Waals surface area (Å²) in [6.07, 6.45) is 0. The number of nitrogens with zero attached hydrogens (tertiary/aromatic N) is 2. The molecule has 0 atom stereocenters. The maximum absolute atomic E-state index is 5.65. The largest absolute Gasteiger partial charge is 0.495 e.